The minimum absolute atomic E-state index is 0.0104. The molecule has 2 aromatic heterocycles. The van der Waals surface area contributed by atoms with Gasteiger partial charge in [-0.15, -0.1) is 0 Å². The number of nitrogens with zero attached hydrogens (tertiary/aromatic N) is 5. The third-order valence-electron chi connectivity index (χ3n) is 5.54. The maximum Gasteiger partial charge on any atom is 0.420 e. The number of aromatic nitrogens is 4. The van der Waals surface area contributed by atoms with Gasteiger partial charge in [0.05, 0.1) is 28.3 Å². The molecule has 1 unspecified atom stereocenters. The van der Waals surface area contributed by atoms with Gasteiger partial charge in [-0.2, -0.15) is 13.2 Å². The molecule has 3 heterocycles. The zero-order chi connectivity index (χ0) is 24.5. The van der Waals surface area contributed by atoms with Gasteiger partial charge >= 0.3 is 6.18 Å². The summed E-state index contributed by atoms with van der Waals surface area (Å²) in [6.45, 7) is 1.03. The number of benzene rings is 1. The minimum Gasteiger partial charge on any atom is -0.392 e. The standard InChI is InChI=1S/C21H22ClF3N6O2S/c1-34(33)31-6-4-14(5-7-31)28-20-26-9-15(21(23,24)25)19(29-20)17-10-30(12-27-17)18-3-2-13(11-32)8-16(18)22/h2-3,8-10,12,14,32H,4-7,11H2,1H3,(H,26,28,29). The molecule has 0 spiro atoms. The summed E-state index contributed by atoms with van der Waals surface area (Å²) < 4.78 is 56.1. The lowest BCUT2D eigenvalue weighted by Crippen LogP contribution is -2.39. The van der Waals surface area contributed by atoms with E-state index < -0.39 is 22.7 Å². The fraction of sp³-hybridized carbons (Fsp3) is 0.381. The monoisotopic (exact) mass is 514 g/mol. The second-order valence-electron chi connectivity index (χ2n) is 7.84. The molecule has 4 rings (SSSR count). The van der Waals surface area contributed by atoms with Gasteiger partial charge in [-0.3, -0.25) is 0 Å². The SMILES string of the molecule is CS(=O)N1CCC(Nc2ncc(C(F)(F)F)c(-c3cn(-c4ccc(CO)cc4Cl)cn3)n2)CC1. The van der Waals surface area contributed by atoms with Gasteiger partial charge in [-0.05, 0) is 30.5 Å². The normalized spacial score (nSPS) is 16.5. The lowest BCUT2D eigenvalue weighted by molar-refractivity contribution is -0.137. The van der Waals surface area contributed by atoms with E-state index in [9.17, 15) is 22.5 Å². The van der Waals surface area contributed by atoms with Crippen LogP contribution >= 0.6 is 11.6 Å². The summed E-state index contributed by atoms with van der Waals surface area (Å²) in [6, 6.07) is 4.83. The summed E-state index contributed by atoms with van der Waals surface area (Å²) in [5.41, 5.74) is -0.230. The number of imidazole rings is 1. The Morgan fingerprint density at radius 2 is 2.00 bits per heavy atom. The number of halogens is 4. The fourth-order valence-corrected chi connectivity index (χ4v) is 4.75. The predicted octanol–water partition coefficient (Wildman–Crippen LogP) is 3.66. The number of piperidine rings is 1. The first-order valence-electron chi connectivity index (χ1n) is 10.4. The molecule has 0 aliphatic carbocycles. The first-order chi connectivity index (χ1) is 16.2. The molecule has 0 saturated carbocycles. The maximum atomic E-state index is 13.7. The maximum absolute atomic E-state index is 13.7. The topological polar surface area (TPSA) is 96.2 Å². The molecule has 0 radical (unpaired) electrons. The minimum atomic E-state index is -4.67. The summed E-state index contributed by atoms with van der Waals surface area (Å²) in [4.78, 5) is 12.2. The van der Waals surface area contributed by atoms with Crippen LogP contribution in [0.5, 0.6) is 0 Å². The molecular weight excluding hydrogens is 493 g/mol. The number of hydrogen-bond acceptors (Lipinski definition) is 6. The van der Waals surface area contributed by atoms with Gasteiger partial charge in [-0.25, -0.2) is 23.5 Å². The lowest BCUT2D eigenvalue weighted by Gasteiger charge is -2.30. The summed E-state index contributed by atoms with van der Waals surface area (Å²) in [6.07, 6.45) is 1.79. The van der Waals surface area contributed by atoms with E-state index in [-0.39, 0.29) is 30.0 Å². The largest absolute Gasteiger partial charge is 0.420 e. The zero-order valence-electron chi connectivity index (χ0n) is 18.1. The smallest absolute Gasteiger partial charge is 0.392 e. The van der Waals surface area contributed by atoms with E-state index in [0.717, 1.165) is 6.20 Å². The van der Waals surface area contributed by atoms with Crippen molar-refractivity contribution in [2.75, 3.05) is 24.7 Å². The van der Waals surface area contributed by atoms with Crippen LogP contribution in [-0.2, 0) is 23.8 Å². The Hall–Kier alpha value is -2.54. The molecule has 34 heavy (non-hydrogen) atoms. The van der Waals surface area contributed by atoms with E-state index in [1.807, 2.05) is 4.31 Å². The highest BCUT2D eigenvalue weighted by Gasteiger charge is 2.36. The molecular formula is C21H22ClF3N6O2S. The van der Waals surface area contributed by atoms with Crippen LogP contribution in [0.25, 0.3) is 17.1 Å². The second-order valence-corrected chi connectivity index (χ2v) is 9.61. The molecule has 182 valence electrons. The molecule has 13 heteroatoms. The fourth-order valence-electron chi connectivity index (χ4n) is 3.73. The Kier molecular flexibility index (Phi) is 7.22. The molecule has 2 N–H and O–H groups in total. The molecule has 1 atom stereocenters. The van der Waals surface area contributed by atoms with Crippen LogP contribution in [0.1, 0.15) is 24.0 Å². The Morgan fingerprint density at radius 1 is 1.26 bits per heavy atom. The molecule has 3 aromatic rings. The predicted molar refractivity (Wildman–Crippen MR) is 123 cm³/mol. The van der Waals surface area contributed by atoms with Gasteiger partial charge < -0.3 is 15.0 Å². The van der Waals surface area contributed by atoms with Gasteiger partial charge in [0.2, 0.25) is 5.95 Å². The molecule has 0 bridgehead atoms. The van der Waals surface area contributed by atoms with Crippen molar-refractivity contribution in [2.45, 2.75) is 31.7 Å². The van der Waals surface area contributed by atoms with Gasteiger partial charge in [0.15, 0.2) is 0 Å². The van der Waals surface area contributed by atoms with E-state index in [4.69, 9.17) is 11.6 Å². The quantitative estimate of drug-likeness (QED) is 0.521. The van der Waals surface area contributed by atoms with Crippen LogP contribution in [0.3, 0.4) is 0 Å². The van der Waals surface area contributed by atoms with E-state index >= 15 is 0 Å². The number of rotatable bonds is 6. The van der Waals surface area contributed by atoms with Crippen LogP contribution in [0.2, 0.25) is 5.02 Å². The Balaban J connectivity index is 1.62. The van der Waals surface area contributed by atoms with Gasteiger partial charge in [0.25, 0.3) is 0 Å². The Morgan fingerprint density at radius 3 is 2.62 bits per heavy atom. The third kappa shape index (κ3) is 5.40. The van der Waals surface area contributed by atoms with Crippen LogP contribution < -0.4 is 5.32 Å². The zero-order valence-corrected chi connectivity index (χ0v) is 19.7. The lowest BCUT2D eigenvalue weighted by atomic mass is 10.1. The number of hydrogen-bond donors (Lipinski definition) is 2. The van der Waals surface area contributed by atoms with Crippen molar-refractivity contribution in [3.8, 4) is 17.1 Å². The molecule has 1 aliphatic rings. The molecule has 8 nitrogen and oxygen atoms in total. The molecule has 1 fully saturated rings. The van der Waals surface area contributed by atoms with Crippen molar-refractivity contribution in [3.05, 3.63) is 53.1 Å². The van der Waals surface area contributed by atoms with Crippen molar-refractivity contribution >= 4 is 28.5 Å². The second kappa shape index (κ2) is 9.98. The van der Waals surface area contributed by atoms with Crippen LogP contribution in [0, 0.1) is 0 Å². The Bertz CT molecular complexity index is 1200. The van der Waals surface area contributed by atoms with Crippen LogP contribution in [0.4, 0.5) is 19.1 Å². The third-order valence-corrected chi connectivity index (χ3v) is 6.94. The van der Waals surface area contributed by atoms with E-state index in [1.165, 1.54) is 17.1 Å². The van der Waals surface area contributed by atoms with Gasteiger partial charge in [0, 0.05) is 37.8 Å². The highest BCUT2D eigenvalue weighted by Crippen LogP contribution is 2.36. The highest BCUT2D eigenvalue weighted by atomic mass is 35.5. The van der Waals surface area contributed by atoms with Crippen LogP contribution in [-0.4, -0.2) is 58.5 Å². The summed E-state index contributed by atoms with van der Waals surface area (Å²) in [5, 5.41) is 12.7. The van der Waals surface area contributed by atoms with E-state index in [0.29, 0.717) is 42.2 Å². The first kappa shape index (κ1) is 24.6. The average Bonchev–Trinajstić information content (AvgIpc) is 3.28. The number of aliphatic hydroxyl groups excluding tert-OH is 1. The van der Waals surface area contributed by atoms with Crippen LogP contribution in [0.15, 0.2) is 36.9 Å². The van der Waals surface area contributed by atoms with E-state index in [1.54, 1.807) is 24.5 Å². The van der Waals surface area contributed by atoms with Gasteiger partial charge in [-0.1, -0.05) is 17.7 Å². The van der Waals surface area contributed by atoms with E-state index in [2.05, 4.69) is 20.3 Å². The highest BCUT2D eigenvalue weighted by molar-refractivity contribution is 7.81. The summed E-state index contributed by atoms with van der Waals surface area (Å²) in [5.74, 6) is 0.0685. The summed E-state index contributed by atoms with van der Waals surface area (Å²) in [7, 11) is -1.06. The number of alkyl halides is 3. The molecule has 0 amide bonds. The first-order valence-corrected chi connectivity index (χ1v) is 12.3. The number of aliphatic hydroxyl groups is 1. The van der Waals surface area contributed by atoms with Crippen molar-refractivity contribution in [1.29, 1.82) is 0 Å². The van der Waals surface area contributed by atoms with Crippen molar-refractivity contribution in [3.63, 3.8) is 0 Å². The molecule has 1 aliphatic heterocycles. The summed E-state index contributed by atoms with van der Waals surface area (Å²) >= 11 is 6.27. The van der Waals surface area contributed by atoms with Crippen molar-refractivity contribution in [1.82, 2.24) is 23.8 Å². The Labute approximate surface area is 201 Å². The van der Waals surface area contributed by atoms with Gasteiger partial charge in [0.1, 0.15) is 23.3 Å². The number of anilines is 1. The number of nitrogens with one attached hydrogen (secondary N) is 1. The molecule has 1 saturated heterocycles. The van der Waals surface area contributed by atoms with Crippen molar-refractivity contribution < 1.29 is 22.5 Å². The molecule has 1 aromatic carbocycles. The van der Waals surface area contributed by atoms with Crippen molar-refractivity contribution in [2.24, 2.45) is 0 Å². The average molecular weight is 515 g/mol.